The smallest absolute Gasteiger partial charge is 0.377 e. The van der Waals surface area contributed by atoms with Crippen molar-refractivity contribution in [1.29, 1.82) is 0 Å². The lowest BCUT2D eigenvalue weighted by Gasteiger charge is -2.20. The Kier molecular flexibility index (Phi) is 6.76. The number of amides is 1. The van der Waals surface area contributed by atoms with Crippen LogP contribution < -0.4 is 4.90 Å². The third-order valence-corrected chi connectivity index (χ3v) is 5.39. The number of carbonyl (C=O) groups is 2. The molecule has 1 amide bonds. The van der Waals surface area contributed by atoms with Crippen molar-refractivity contribution in [2.24, 2.45) is 0 Å². The van der Waals surface area contributed by atoms with Crippen LogP contribution in [0.15, 0.2) is 72.0 Å². The molecular weight excluding hydrogens is 435 g/mol. The molecule has 4 rings (SSSR count). The largest absolute Gasteiger partial charge is 0.493 e. The lowest BCUT2D eigenvalue weighted by molar-refractivity contribution is -0.148. The number of nitrogens with zero attached hydrogens (tertiary/aromatic N) is 2. The quantitative estimate of drug-likeness (QED) is 0.504. The van der Waals surface area contributed by atoms with Gasteiger partial charge in [-0.05, 0) is 29.8 Å². The molecule has 2 aromatic carbocycles. The van der Waals surface area contributed by atoms with Crippen LogP contribution >= 0.6 is 11.3 Å². The normalized spacial score (nSPS) is 12.8. The van der Waals surface area contributed by atoms with Crippen molar-refractivity contribution in [2.75, 3.05) is 24.7 Å². The van der Waals surface area contributed by atoms with Gasteiger partial charge < -0.3 is 14.2 Å². The second-order valence-electron chi connectivity index (χ2n) is 6.77. The summed E-state index contributed by atoms with van der Waals surface area (Å²) in [5.74, 6) is -1.63. The molecule has 7 nitrogen and oxygen atoms in total. The number of benzene rings is 2. The first-order chi connectivity index (χ1) is 15.6. The Balaban J connectivity index is 1.52. The first kappa shape index (κ1) is 21.5. The molecule has 164 valence electrons. The van der Waals surface area contributed by atoms with Gasteiger partial charge in [-0.1, -0.05) is 30.3 Å². The Hall–Kier alpha value is -3.72. The summed E-state index contributed by atoms with van der Waals surface area (Å²) in [7, 11) is 0. The van der Waals surface area contributed by atoms with Crippen molar-refractivity contribution >= 4 is 28.3 Å². The highest BCUT2D eigenvalue weighted by atomic mass is 32.1. The van der Waals surface area contributed by atoms with E-state index in [0.717, 1.165) is 11.1 Å². The molecule has 0 spiro atoms. The summed E-state index contributed by atoms with van der Waals surface area (Å²) < 4.78 is 28.6. The molecule has 9 heteroatoms. The zero-order valence-corrected chi connectivity index (χ0v) is 17.7. The van der Waals surface area contributed by atoms with Crippen molar-refractivity contribution < 1.29 is 28.2 Å². The summed E-state index contributed by atoms with van der Waals surface area (Å²) >= 11 is 1.27. The van der Waals surface area contributed by atoms with Gasteiger partial charge in [-0.25, -0.2) is 14.2 Å². The topological polar surface area (TPSA) is 78.0 Å². The van der Waals surface area contributed by atoms with Gasteiger partial charge in [0.05, 0.1) is 12.2 Å². The summed E-state index contributed by atoms with van der Waals surface area (Å²) in [6.45, 7) is 0.342. The van der Waals surface area contributed by atoms with Gasteiger partial charge in [0.15, 0.2) is 11.7 Å². The molecule has 1 aliphatic rings. The Bertz CT molecular complexity index is 1110. The summed E-state index contributed by atoms with van der Waals surface area (Å²) in [6, 6.07) is 15.4. The molecule has 3 aromatic rings. The van der Waals surface area contributed by atoms with E-state index >= 15 is 0 Å². The highest BCUT2D eigenvalue weighted by Gasteiger charge is 2.24. The predicted octanol–water partition coefficient (Wildman–Crippen LogP) is 3.91. The Morgan fingerprint density at radius 3 is 2.59 bits per heavy atom. The molecule has 2 heterocycles. The second kappa shape index (κ2) is 10.1. The Morgan fingerprint density at radius 2 is 1.88 bits per heavy atom. The van der Waals surface area contributed by atoms with E-state index in [1.807, 2.05) is 30.3 Å². The Labute approximate surface area is 187 Å². The number of hydrogen-bond acceptors (Lipinski definition) is 7. The number of ether oxygens (including phenoxy) is 3. The minimum absolute atomic E-state index is 0.0773. The number of carbonyl (C=O) groups excluding carboxylic acids is 2. The SMILES string of the molecule is O=C(OCC(=O)N(Cc1ccccc1)c1nc(-c2ccc(F)cc2)cs1)C1=COCCO1. The lowest BCUT2D eigenvalue weighted by Crippen LogP contribution is -2.34. The van der Waals surface area contributed by atoms with Gasteiger partial charge in [0, 0.05) is 10.9 Å². The zero-order valence-electron chi connectivity index (χ0n) is 16.9. The zero-order chi connectivity index (χ0) is 22.3. The first-order valence-electron chi connectivity index (χ1n) is 9.77. The van der Waals surface area contributed by atoms with Crippen LogP contribution in [0, 0.1) is 5.82 Å². The molecule has 0 radical (unpaired) electrons. The van der Waals surface area contributed by atoms with Crippen LogP contribution in [-0.4, -0.2) is 36.7 Å². The number of rotatable bonds is 7. The summed E-state index contributed by atoms with van der Waals surface area (Å²) in [6.07, 6.45) is 1.17. The van der Waals surface area contributed by atoms with E-state index in [1.54, 1.807) is 17.5 Å². The minimum Gasteiger partial charge on any atom is -0.493 e. The van der Waals surface area contributed by atoms with E-state index in [0.29, 0.717) is 17.4 Å². The van der Waals surface area contributed by atoms with Crippen LogP contribution in [0.5, 0.6) is 0 Å². The molecule has 32 heavy (non-hydrogen) atoms. The third-order valence-electron chi connectivity index (χ3n) is 4.52. The fraction of sp³-hybridized carbons (Fsp3) is 0.174. The number of aromatic nitrogens is 1. The van der Waals surface area contributed by atoms with Gasteiger partial charge in [-0.2, -0.15) is 0 Å². The molecule has 0 aliphatic carbocycles. The second-order valence-corrected chi connectivity index (χ2v) is 7.60. The van der Waals surface area contributed by atoms with Crippen molar-refractivity contribution in [2.45, 2.75) is 6.54 Å². The summed E-state index contributed by atoms with van der Waals surface area (Å²) in [4.78, 5) is 31.1. The van der Waals surface area contributed by atoms with Gasteiger partial charge in [0.1, 0.15) is 25.3 Å². The van der Waals surface area contributed by atoms with Crippen molar-refractivity contribution in [3.63, 3.8) is 0 Å². The fourth-order valence-electron chi connectivity index (χ4n) is 2.92. The van der Waals surface area contributed by atoms with Gasteiger partial charge in [0.2, 0.25) is 5.76 Å². The van der Waals surface area contributed by atoms with E-state index in [9.17, 15) is 14.0 Å². The van der Waals surface area contributed by atoms with E-state index in [1.165, 1.54) is 34.6 Å². The number of halogens is 1. The minimum atomic E-state index is -0.774. The van der Waals surface area contributed by atoms with Gasteiger partial charge in [0.25, 0.3) is 5.91 Å². The van der Waals surface area contributed by atoms with Gasteiger partial charge in [-0.15, -0.1) is 11.3 Å². The maximum absolute atomic E-state index is 13.2. The monoisotopic (exact) mass is 454 g/mol. The molecule has 0 fully saturated rings. The first-order valence-corrected chi connectivity index (χ1v) is 10.7. The summed E-state index contributed by atoms with van der Waals surface area (Å²) in [5.41, 5.74) is 2.23. The Morgan fingerprint density at radius 1 is 1.09 bits per heavy atom. The molecule has 0 bridgehead atoms. The number of hydrogen-bond donors (Lipinski definition) is 0. The standard InChI is InChI=1S/C23H19FN2O5S/c24-18-8-6-17(7-9-18)19-15-32-23(25-19)26(12-16-4-2-1-3-5-16)21(27)14-31-22(28)20-13-29-10-11-30-20/h1-9,13,15H,10-12,14H2. The molecule has 0 saturated heterocycles. The number of thiazole rings is 1. The molecule has 0 N–H and O–H groups in total. The number of anilines is 1. The van der Waals surface area contributed by atoms with E-state index < -0.39 is 18.5 Å². The maximum atomic E-state index is 13.2. The van der Waals surface area contributed by atoms with Gasteiger partial charge >= 0.3 is 5.97 Å². The third kappa shape index (κ3) is 5.30. The maximum Gasteiger partial charge on any atom is 0.377 e. The molecule has 0 unspecified atom stereocenters. The lowest BCUT2D eigenvalue weighted by atomic mass is 10.2. The molecule has 1 aromatic heterocycles. The van der Waals surface area contributed by atoms with Crippen molar-refractivity contribution in [3.8, 4) is 11.3 Å². The van der Waals surface area contributed by atoms with Crippen molar-refractivity contribution in [1.82, 2.24) is 4.98 Å². The molecular formula is C23H19FN2O5S. The highest BCUT2D eigenvalue weighted by molar-refractivity contribution is 7.14. The molecule has 0 saturated carbocycles. The van der Waals surface area contributed by atoms with Gasteiger partial charge in [-0.3, -0.25) is 9.69 Å². The van der Waals surface area contributed by atoms with Crippen LogP contribution in [0.1, 0.15) is 5.56 Å². The molecule has 0 atom stereocenters. The average Bonchev–Trinajstić information content (AvgIpc) is 3.32. The van der Waals surface area contributed by atoms with Crippen LogP contribution in [0.3, 0.4) is 0 Å². The summed E-state index contributed by atoms with van der Waals surface area (Å²) in [5, 5.41) is 2.23. The predicted molar refractivity (Wildman–Crippen MR) is 116 cm³/mol. The highest BCUT2D eigenvalue weighted by Crippen LogP contribution is 2.29. The van der Waals surface area contributed by atoms with E-state index in [4.69, 9.17) is 14.2 Å². The average molecular weight is 454 g/mol. The van der Waals surface area contributed by atoms with E-state index in [2.05, 4.69) is 4.98 Å². The molecule has 1 aliphatic heterocycles. The van der Waals surface area contributed by atoms with Crippen LogP contribution in [-0.2, 0) is 30.3 Å². The van der Waals surface area contributed by atoms with Crippen LogP contribution in [0.25, 0.3) is 11.3 Å². The fourth-order valence-corrected chi connectivity index (χ4v) is 3.77. The van der Waals surface area contributed by atoms with Crippen molar-refractivity contribution in [3.05, 3.63) is 83.4 Å². The van der Waals surface area contributed by atoms with Crippen LogP contribution in [0.2, 0.25) is 0 Å². The number of esters is 1. The van der Waals surface area contributed by atoms with E-state index in [-0.39, 0.29) is 24.7 Å². The van der Waals surface area contributed by atoms with Crippen LogP contribution in [0.4, 0.5) is 9.52 Å².